The van der Waals surface area contributed by atoms with Crippen LogP contribution in [-0.4, -0.2) is 57.2 Å². The van der Waals surface area contributed by atoms with Crippen molar-refractivity contribution in [2.24, 2.45) is 5.92 Å². The van der Waals surface area contributed by atoms with Crippen LogP contribution in [0.1, 0.15) is 43.5 Å². The van der Waals surface area contributed by atoms with Gasteiger partial charge in [0.2, 0.25) is 5.82 Å². The molecule has 7 nitrogen and oxygen atoms in total. The number of carbonyl (C=O) groups excluding carboxylic acids is 1. The van der Waals surface area contributed by atoms with Crippen LogP contribution in [0.15, 0.2) is 24.3 Å². The predicted molar refractivity (Wildman–Crippen MR) is 93.9 cm³/mol. The van der Waals surface area contributed by atoms with Gasteiger partial charge in [-0.15, -0.1) is 10.2 Å². The standard InChI is InChI=1S/C18H25N5O2/c1-13(2)6-5-7-14-12-23(10-11-25-14)18(24)16-9-4-3-8-15(16)17-19-21-22-20-17/h3-4,8-9,13-14H,5-7,10-12H2,1-2H3,(H,19,20,21,22). The van der Waals surface area contributed by atoms with E-state index in [-0.39, 0.29) is 12.0 Å². The highest BCUT2D eigenvalue weighted by atomic mass is 16.5. The second kappa shape index (κ2) is 8.20. The van der Waals surface area contributed by atoms with Crippen LogP contribution < -0.4 is 0 Å². The van der Waals surface area contributed by atoms with Crippen LogP contribution in [0.3, 0.4) is 0 Å². The van der Waals surface area contributed by atoms with Crippen LogP contribution in [0.2, 0.25) is 0 Å². The highest BCUT2D eigenvalue weighted by Crippen LogP contribution is 2.22. The normalized spacial score (nSPS) is 17.9. The average molecular weight is 343 g/mol. The number of H-pyrrole nitrogens is 1. The highest BCUT2D eigenvalue weighted by Gasteiger charge is 2.27. The zero-order valence-electron chi connectivity index (χ0n) is 14.8. The Labute approximate surface area is 147 Å². The molecule has 1 fully saturated rings. The van der Waals surface area contributed by atoms with Gasteiger partial charge < -0.3 is 9.64 Å². The lowest BCUT2D eigenvalue weighted by Crippen LogP contribution is -2.45. The molecule has 1 aromatic heterocycles. The van der Waals surface area contributed by atoms with Gasteiger partial charge in [-0.05, 0) is 23.6 Å². The zero-order valence-corrected chi connectivity index (χ0v) is 14.8. The van der Waals surface area contributed by atoms with Crippen molar-refractivity contribution in [1.82, 2.24) is 25.5 Å². The second-order valence-electron chi connectivity index (χ2n) is 6.85. The molecular formula is C18H25N5O2. The number of nitrogens with one attached hydrogen (secondary N) is 1. The van der Waals surface area contributed by atoms with Gasteiger partial charge in [-0.3, -0.25) is 4.79 Å². The quantitative estimate of drug-likeness (QED) is 0.871. The van der Waals surface area contributed by atoms with E-state index in [1.54, 1.807) is 0 Å². The Hall–Kier alpha value is -2.28. The van der Waals surface area contributed by atoms with Gasteiger partial charge in [-0.1, -0.05) is 44.9 Å². The topological polar surface area (TPSA) is 84.0 Å². The van der Waals surface area contributed by atoms with Gasteiger partial charge in [-0.2, -0.15) is 5.21 Å². The maximum absolute atomic E-state index is 13.0. The number of hydrogen-bond acceptors (Lipinski definition) is 5. The number of benzene rings is 1. The molecule has 1 atom stereocenters. The summed E-state index contributed by atoms with van der Waals surface area (Å²) in [5, 5.41) is 14.0. The van der Waals surface area contributed by atoms with Crippen LogP contribution >= 0.6 is 0 Å². The number of ether oxygens (including phenoxy) is 1. The molecule has 7 heteroatoms. The van der Waals surface area contributed by atoms with Crippen LogP contribution in [0, 0.1) is 5.92 Å². The molecular weight excluding hydrogens is 318 g/mol. The number of hydrogen-bond donors (Lipinski definition) is 1. The van der Waals surface area contributed by atoms with Crippen molar-refractivity contribution in [1.29, 1.82) is 0 Å². The number of amides is 1. The maximum atomic E-state index is 13.0. The first-order valence-electron chi connectivity index (χ1n) is 8.89. The summed E-state index contributed by atoms with van der Waals surface area (Å²) in [5.41, 5.74) is 1.30. The van der Waals surface area contributed by atoms with Crippen molar-refractivity contribution in [2.75, 3.05) is 19.7 Å². The number of carbonyl (C=O) groups is 1. The van der Waals surface area contributed by atoms with E-state index in [9.17, 15) is 4.79 Å². The number of aromatic nitrogens is 4. The molecule has 0 spiro atoms. The number of morpholine rings is 1. The maximum Gasteiger partial charge on any atom is 0.254 e. The van der Waals surface area contributed by atoms with Crippen molar-refractivity contribution in [3.05, 3.63) is 29.8 Å². The van der Waals surface area contributed by atoms with E-state index in [0.29, 0.717) is 42.6 Å². The van der Waals surface area contributed by atoms with Gasteiger partial charge >= 0.3 is 0 Å². The first-order chi connectivity index (χ1) is 12.1. The molecule has 1 amide bonds. The Morgan fingerprint density at radius 2 is 2.24 bits per heavy atom. The summed E-state index contributed by atoms with van der Waals surface area (Å²) in [6, 6.07) is 7.39. The molecule has 0 bridgehead atoms. The third-order valence-corrected chi connectivity index (χ3v) is 4.48. The van der Waals surface area contributed by atoms with Gasteiger partial charge in [0.1, 0.15) is 0 Å². The van der Waals surface area contributed by atoms with E-state index in [0.717, 1.165) is 12.8 Å². The van der Waals surface area contributed by atoms with Crippen LogP contribution in [-0.2, 0) is 4.74 Å². The summed E-state index contributed by atoms with van der Waals surface area (Å²) in [6.45, 7) is 6.29. The molecule has 134 valence electrons. The molecule has 1 unspecified atom stereocenters. The molecule has 0 radical (unpaired) electrons. The smallest absolute Gasteiger partial charge is 0.254 e. The van der Waals surface area contributed by atoms with Gasteiger partial charge in [-0.25, -0.2) is 0 Å². The third kappa shape index (κ3) is 4.42. The van der Waals surface area contributed by atoms with E-state index >= 15 is 0 Å². The molecule has 1 saturated heterocycles. The fourth-order valence-corrected chi connectivity index (χ4v) is 3.14. The second-order valence-corrected chi connectivity index (χ2v) is 6.85. The van der Waals surface area contributed by atoms with Gasteiger partial charge in [0.05, 0.1) is 18.3 Å². The number of rotatable bonds is 6. The number of tetrazole rings is 1. The summed E-state index contributed by atoms with van der Waals surface area (Å²) in [6.07, 6.45) is 3.43. The summed E-state index contributed by atoms with van der Waals surface area (Å²) < 4.78 is 5.84. The fourth-order valence-electron chi connectivity index (χ4n) is 3.14. The Morgan fingerprint density at radius 1 is 1.40 bits per heavy atom. The summed E-state index contributed by atoms with van der Waals surface area (Å²) in [7, 11) is 0. The summed E-state index contributed by atoms with van der Waals surface area (Å²) in [4.78, 5) is 14.9. The third-order valence-electron chi connectivity index (χ3n) is 4.48. The molecule has 25 heavy (non-hydrogen) atoms. The summed E-state index contributed by atoms with van der Waals surface area (Å²) >= 11 is 0. The van der Waals surface area contributed by atoms with Crippen LogP contribution in [0.25, 0.3) is 11.4 Å². The van der Waals surface area contributed by atoms with Gasteiger partial charge in [0.25, 0.3) is 5.91 Å². The Balaban J connectivity index is 1.69. The van der Waals surface area contributed by atoms with Crippen molar-refractivity contribution in [3.8, 4) is 11.4 Å². The fraction of sp³-hybridized carbons (Fsp3) is 0.556. The molecule has 0 aliphatic carbocycles. The van der Waals surface area contributed by atoms with Crippen molar-refractivity contribution < 1.29 is 9.53 Å². The van der Waals surface area contributed by atoms with E-state index < -0.39 is 0 Å². The molecule has 1 N–H and O–H groups in total. The average Bonchev–Trinajstić information content (AvgIpc) is 3.15. The first-order valence-corrected chi connectivity index (χ1v) is 8.89. The molecule has 0 saturated carbocycles. The van der Waals surface area contributed by atoms with Crippen molar-refractivity contribution in [2.45, 2.75) is 39.2 Å². The Morgan fingerprint density at radius 3 is 3.00 bits per heavy atom. The summed E-state index contributed by atoms with van der Waals surface area (Å²) in [5.74, 6) is 1.13. The number of nitrogens with zero attached hydrogens (tertiary/aromatic N) is 4. The van der Waals surface area contributed by atoms with E-state index in [1.807, 2.05) is 29.2 Å². The Kier molecular flexibility index (Phi) is 5.75. The molecule has 2 heterocycles. The van der Waals surface area contributed by atoms with Gasteiger partial charge in [0, 0.05) is 18.7 Å². The van der Waals surface area contributed by atoms with Crippen LogP contribution in [0.5, 0.6) is 0 Å². The number of aromatic amines is 1. The minimum Gasteiger partial charge on any atom is -0.375 e. The zero-order chi connectivity index (χ0) is 17.6. The van der Waals surface area contributed by atoms with Crippen molar-refractivity contribution in [3.63, 3.8) is 0 Å². The van der Waals surface area contributed by atoms with E-state index in [2.05, 4.69) is 34.5 Å². The monoisotopic (exact) mass is 343 g/mol. The van der Waals surface area contributed by atoms with E-state index in [1.165, 1.54) is 6.42 Å². The first kappa shape index (κ1) is 17.5. The van der Waals surface area contributed by atoms with E-state index in [4.69, 9.17) is 4.74 Å². The van der Waals surface area contributed by atoms with Crippen molar-refractivity contribution >= 4 is 5.91 Å². The lowest BCUT2D eigenvalue weighted by Gasteiger charge is -2.33. The lowest BCUT2D eigenvalue weighted by molar-refractivity contribution is -0.0259. The Bertz CT molecular complexity index is 687. The molecule has 2 aromatic rings. The molecule has 1 aromatic carbocycles. The minimum atomic E-state index is -0.00226. The van der Waals surface area contributed by atoms with Gasteiger partial charge in [0.15, 0.2) is 0 Å². The highest BCUT2D eigenvalue weighted by molar-refractivity contribution is 6.00. The SMILES string of the molecule is CC(C)CCCC1CN(C(=O)c2ccccc2-c2nn[nH]n2)CCO1. The molecule has 1 aliphatic heterocycles. The minimum absolute atomic E-state index is 0.00226. The lowest BCUT2D eigenvalue weighted by atomic mass is 10.0. The molecule has 3 rings (SSSR count). The molecule has 1 aliphatic rings. The largest absolute Gasteiger partial charge is 0.375 e. The predicted octanol–water partition coefficient (Wildman–Crippen LogP) is 2.53. The van der Waals surface area contributed by atoms with Crippen LogP contribution in [0.4, 0.5) is 0 Å².